The standard InChI is InChI=1S/C18H17ClO/c1-12-11-16(19)13(2)10-15(12)17(20)18(8-9-18)14-6-4-3-5-7-14/h3-7,10-11H,8-9H2,1-2H3. The van der Waals surface area contributed by atoms with Crippen molar-refractivity contribution in [1.29, 1.82) is 0 Å². The molecule has 0 amide bonds. The Labute approximate surface area is 124 Å². The van der Waals surface area contributed by atoms with Crippen molar-refractivity contribution in [2.24, 2.45) is 0 Å². The average Bonchev–Trinajstić information content (AvgIpc) is 3.25. The molecule has 1 saturated carbocycles. The predicted molar refractivity (Wildman–Crippen MR) is 82.6 cm³/mol. The molecule has 1 fully saturated rings. The summed E-state index contributed by atoms with van der Waals surface area (Å²) in [5.74, 6) is 0.237. The molecule has 2 aromatic carbocycles. The first-order chi connectivity index (χ1) is 9.54. The average molecular weight is 285 g/mol. The van der Waals surface area contributed by atoms with Gasteiger partial charge in [0.1, 0.15) is 0 Å². The number of benzene rings is 2. The molecule has 0 bridgehead atoms. The number of rotatable bonds is 3. The number of hydrogen-bond acceptors (Lipinski definition) is 1. The summed E-state index contributed by atoms with van der Waals surface area (Å²) < 4.78 is 0. The molecule has 0 heterocycles. The summed E-state index contributed by atoms with van der Waals surface area (Å²) in [6.45, 7) is 3.90. The molecule has 0 aromatic heterocycles. The lowest BCUT2D eigenvalue weighted by atomic mass is 9.85. The number of aryl methyl sites for hydroxylation is 2. The molecule has 1 nitrogen and oxygen atoms in total. The Balaban J connectivity index is 2.04. The second kappa shape index (κ2) is 4.75. The van der Waals surface area contributed by atoms with Crippen molar-refractivity contribution in [3.63, 3.8) is 0 Å². The van der Waals surface area contributed by atoms with Gasteiger partial charge in [0.2, 0.25) is 0 Å². The van der Waals surface area contributed by atoms with E-state index in [9.17, 15) is 4.79 Å². The van der Waals surface area contributed by atoms with Crippen molar-refractivity contribution in [2.75, 3.05) is 0 Å². The number of halogens is 1. The lowest BCUT2D eigenvalue weighted by molar-refractivity contribution is 0.0945. The van der Waals surface area contributed by atoms with Crippen LogP contribution >= 0.6 is 11.6 Å². The van der Waals surface area contributed by atoms with Gasteiger partial charge in [-0.25, -0.2) is 0 Å². The van der Waals surface area contributed by atoms with E-state index in [0.29, 0.717) is 0 Å². The van der Waals surface area contributed by atoms with Gasteiger partial charge in [-0.2, -0.15) is 0 Å². The third kappa shape index (κ3) is 2.06. The summed E-state index contributed by atoms with van der Waals surface area (Å²) in [4.78, 5) is 13.0. The molecule has 20 heavy (non-hydrogen) atoms. The number of carbonyl (C=O) groups is 1. The van der Waals surface area contributed by atoms with Crippen LogP contribution < -0.4 is 0 Å². The number of ketones is 1. The van der Waals surface area contributed by atoms with E-state index in [0.717, 1.165) is 40.1 Å². The zero-order valence-electron chi connectivity index (χ0n) is 11.7. The Morgan fingerprint density at radius 2 is 1.70 bits per heavy atom. The van der Waals surface area contributed by atoms with Crippen LogP contribution in [0.25, 0.3) is 0 Å². The third-order valence-corrected chi connectivity index (χ3v) is 4.67. The minimum Gasteiger partial charge on any atom is -0.293 e. The Morgan fingerprint density at radius 1 is 1.05 bits per heavy atom. The van der Waals surface area contributed by atoms with E-state index in [1.165, 1.54) is 0 Å². The van der Waals surface area contributed by atoms with Crippen LogP contribution in [0.5, 0.6) is 0 Å². The van der Waals surface area contributed by atoms with Crippen molar-refractivity contribution in [3.05, 3.63) is 69.7 Å². The van der Waals surface area contributed by atoms with Crippen molar-refractivity contribution in [1.82, 2.24) is 0 Å². The molecular weight excluding hydrogens is 268 g/mol. The molecular formula is C18H17ClO. The number of Topliss-reactive ketones (excluding diaryl/α,β-unsaturated/α-hetero) is 1. The lowest BCUT2D eigenvalue weighted by Gasteiger charge is -2.17. The smallest absolute Gasteiger partial charge is 0.173 e. The monoisotopic (exact) mass is 284 g/mol. The van der Waals surface area contributed by atoms with Gasteiger partial charge in [0.25, 0.3) is 0 Å². The van der Waals surface area contributed by atoms with Gasteiger partial charge in [0, 0.05) is 10.6 Å². The fourth-order valence-corrected chi connectivity index (χ4v) is 3.03. The molecule has 0 spiro atoms. The van der Waals surface area contributed by atoms with Crippen LogP contribution in [0.3, 0.4) is 0 Å². The van der Waals surface area contributed by atoms with Crippen molar-refractivity contribution in [2.45, 2.75) is 32.1 Å². The first kappa shape index (κ1) is 13.4. The van der Waals surface area contributed by atoms with E-state index in [4.69, 9.17) is 11.6 Å². The van der Waals surface area contributed by atoms with Gasteiger partial charge in [0.15, 0.2) is 5.78 Å². The van der Waals surface area contributed by atoms with Crippen LogP contribution in [-0.4, -0.2) is 5.78 Å². The zero-order chi connectivity index (χ0) is 14.3. The second-order valence-corrected chi connectivity index (χ2v) is 6.10. The molecule has 3 rings (SSSR count). The zero-order valence-corrected chi connectivity index (χ0v) is 12.5. The minimum atomic E-state index is -0.299. The van der Waals surface area contributed by atoms with E-state index >= 15 is 0 Å². The van der Waals surface area contributed by atoms with Crippen molar-refractivity contribution < 1.29 is 4.79 Å². The Kier molecular flexibility index (Phi) is 3.18. The van der Waals surface area contributed by atoms with Crippen LogP contribution in [0.2, 0.25) is 5.02 Å². The van der Waals surface area contributed by atoms with E-state index in [-0.39, 0.29) is 11.2 Å². The molecule has 102 valence electrons. The fourth-order valence-electron chi connectivity index (χ4n) is 2.81. The van der Waals surface area contributed by atoms with Crippen LogP contribution in [-0.2, 0) is 5.41 Å². The Hall–Kier alpha value is -1.60. The van der Waals surface area contributed by atoms with Gasteiger partial charge < -0.3 is 0 Å². The predicted octanol–water partition coefficient (Wildman–Crippen LogP) is 4.87. The highest BCUT2D eigenvalue weighted by Crippen LogP contribution is 2.50. The molecule has 0 atom stereocenters. The third-order valence-electron chi connectivity index (χ3n) is 4.26. The van der Waals surface area contributed by atoms with Gasteiger partial charge in [0.05, 0.1) is 5.41 Å². The molecule has 2 heteroatoms. The molecule has 0 N–H and O–H groups in total. The largest absolute Gasteiger partial charge is 0.293 e. The maximum Gasteiger partial charge on any atom is 0.173 e. The van der Waals surface area contributed by atoms with Gasteiger partial charge >= 0.3 is 0 Å². The van der Waals surface area contributed by atoms with Gasteiger partial charge in [-0.15, -0.1) is 0 Å². The molecule has 0 radical (unpaired) electrons. The van der Waals surface area contributed by atoms with E-state index in [1.54, 1.807) is 0 Å². The highest BCUT2D eigenvalue weighted by atomic mass is 35.5. The SMILES string of the molecule is Cc1cc(C(=O)C2(c3ccccc3)CC2)c(C)cc1Cl. The summed E-state index contributed by atoms with van der Waals surface area (Å²) in [6.07, 6.45) is 1.88. The van der Waals surface area contributed by atoms with E-state index in [2.05, 4.69) is 12.1 Å². The normalized spacial score (nSPS) is 15.9. The van der Waals surface area contributed by atoms with E-state index < -0.39 is 0 Å². The van der Waals surface area contributed by atoms with Gasteiger partial charge in [-0.1, -0.05) is 41.9 Å². The summed E-state index contributed by atoms with van der Waals surface area (Å²) in [7, 11) is 0. The Bertz CT molecular complexity index is 669. The molecule has 1 aliphatic rings. The van der Waals surface area contributed by atoms with Gasteiger partial charge in [-0.05, 0) is 55.5 Å². The van der Waals surface area contributed by atoms with Crippen LogP contribution in [0, 0.1) is 13.8 Å². The topological polar surface area (TPSA) is 17.1 Å². The summed E-state index contributed by atoms with van der Waals surface area (Å²) in [6, 6.07) is 13.9. The Morgan fingerprint density at radius 3 is 2.30 bits per heavy atom. The lowest BCUT2D eigenvalue weighted by Crippen LogP contribution is -2.21. The fraction of sp³-hybridized carbons (Fsp3) is 0.278. The summed E-state index contributed by atoms with van der Waals surface area (Å²) >= 11 is 6.13. The first-order valence-corrected chi connectivity index (χ1v) is 7.29. The summed E-state index contributed by atoms with van der Waals surface area (Å²) in [5, 5.41) is 0.726. The molecule has 0 aliphatic heterocycles. The highest BCUT2D eigenvalue weighted by molar-refractivity contribution is 6.31. The number of carbonyl (C=O) groups excluding carboxylic acids is 1. The highest BCUT2D eigenvalue weighted by Gasteiger charge is 2.51. The first-order valence-electron chi connectivity index (χ1n) is 6.92. The van der Waals surface area contributed by atoms with Crippen LogP contribution in [0.15, 0.2) is 42.5 Å². The molecule has 1 aliphatic carbocycles. The van der Waals surface area contributed by atoms with Crippen LogP contribution in [0.1, 0.15) is 39.9 Å². The van der Waals surface area contributed by atoms with E-state index in [1.807, 2.05) is 44.2 Å². The summed E-state index contributed by atoms with van der Waals surface area (Å²) in [5.41, 5.74) is 3.58. The van der Waals surface area contributed by atoms with Crippen molar-refractivity contribution in [3.8, 4) is 0 Å². The maximum absolute atomic E-state index is 13.0. The van der Waals surface area contributed by atoms with Crippen molar-refractivity contribution >= 4 is 17.4 Å². The second-order valence-electron chi connectivity index (χ2n) is 5.69. The molecule has 0 saturated heterocycles. The molecule has 2 aromatic rings. The van der Waals surface area contributed by atoms with Crippen LogP contribution in [0.4, 0.5) is 0 Å². The maximum atomic E-state index is 13.0. The quantitative estimate of drug-likeness (QED) is 0.735. The van der Waals surface area contributed by atoms with Gasteiger partial charge in [-0.3, -0.25) is 4.79 Å². The molecule has 0 unspecified atom stereocenters. The number of hydrogen-bond donors (Lipinski definition) is 0. The minimum absolute atomic E-state index is 0.237.